The van der Waals surface area contributed by atoms with Gasteiger partial charge in [-0.25, -0.2) is 13.8 Å². The minimum Gasteiger partial charge on any atom is -0.321 e. The number of aryl methyl sites for hydroxylation is 1. The Kier molecular flexibility index (Phi) is 3.52. The molecule has 1 N–H and O–H groups in total. The Balaban J connectivity index is 1.59. The summed E-state index contributed by atoms with van der Waals surface area (Å²) >= 11 is 0. The molecule has 3 aromatic rings. The van der Waals surface area contributed by atoms with Crippen LogP contribution in [0.1, 0.15) is 17.8 Å². The standard InChI is InChI=1S/C18H15F2N3O/c19-12-4-3-5-13(20)17(12)22-18(24)11-7-8-14-15(10-11)23-9-2-1-6-16(23)21-14/h1-6,9,11H,7-8,10H2,(H,22,24). The first-order valence-electron chi connectivity index (χ1n) is 7.83. The van der Waals surface area contributed by atoms with Crippen molar-refractivity contribution < 1.29 is 13.6 Å². The van der Waals surface area contributed by atoms with Crippen molar-refractivity contribution in [2.24, 2.45) is 5.92 Å². The van der Waals surface area contributed by atoms with E-state index in [1.54, 1.807) is 0 Å². The van der Waals surface area contributed by atoms with Gasteiger partial charge in [0.25, 0.3) is 0 Å². The van der Waals surface area contributed by atoms with Crippen molar-refractivity contribution in [1.82, 2.24) is 9.38 Å². The van der Waals surface area contributed by atoms with Crippen molar-refractivity contribution in [2.75, 3.05) is 5.32 Å². The summed E-state index contributed by atoms with van der Waals surface area (Å²) < 4.78 is 29.4. The highest BCUT2D eigenvalue weighted by Gasteiger charge is 2.29. The van der Waals surface area contributed by atoms with E-state index in [9.17, 15) is 13.6 Å². The predicted octanol–water partition coefficient (Wildman–Crippen LogP) is 3.36. The van der Waals surface area contributed by atoms with E-state index in [0.29, 0.717) is 19.3 Å². The fourth-order valence-corrected chi connectivity index (χ4v) is 3.22. The van der Waals surface area contributed by atoms with Crippen molar-refractivity contribution in [3.05, 3.63) is 65.6 Å². The largest absolute Gasteiger partial charge is 0.321 e. The molecule has 0 radical (unpaired) electrons. The van der Waals surface area contributed by atoms with E-state index in [1.165, 1.54) is 6.07 Å². The number of aromatic nitrogens is 2. The molecule has 4 nitrogen and oxygen atoms in total. The summed E-state index contributed by atoms with van der Waals surface area (Å²) in [5, 5.41) is 2.40. The fraction of sp³-hybridized carbons (Fsp3) is 0.222. The van der Waals surface area contributed by atoms with Gasteiger partial charge >= 0.3 is 0 Å². The second kappa shape index (κ2) is 5.70. The van der Waals surface area contributed by atoms with Crippen molar-refractivity contribution in [3.8, 4) is 0 Å². The van der Waals surface area contributed by atoms with Crippen LogP contribution in [0.4, 0.5) is 14.5 Å². The molecule has 2 aromatic heterocycles. The molecule has 0 saturated heterocycles. The molecule has 122 valence electrons. The van der Waals surface area contributed by atoms with Crippen LogP contribution >= 0.6 is 0 Å². The minimum atomic E-state index is -0.769. The molecule has 1 aliphatic rings. The van der Waals surface area contributed by atoms with Crippen molar-refractivity contribution in [2.45, 2.75) is 19.3 Å². The number of hydrogen-bond acceptors (Lipinski definition) is 2. The average molecular weight is 327 g/mol. The maximum atomic E-state index is 13.7. The highest BCUT2D eigenvalue weighted by atomic mass is 19.1. The molecule has 0 bridgehead atoms. The van der Waals surface area contributed by atoms with Crippen molar-refractivity contribution in [1.29, 1.82) is 0 Å². The van der Waals surface area contributed by atoms with Crippen LogP contribution in [0.5, 0.6) is 0 Å². The third kappa shape index (κ3) is 2.44. The van der Waals surface area contributed by atoms with E-state index in [1.807, 2.05) is 28.8 Å². The molecule has 0 aliphatic heterocycles. The fourth-order valence-electron chi connectivity index (χ4n) is 3.22. The number of hydrogen-bond donors (Lipinski definition) is 1. The Hall–Kier alpha value is -2.76. The number of rotatable bonds is 2. The lowest BCUT2D eigenvalue weighted by atomic mass is 9.89. The van der Waals surface area contributed by atoms with Crippen LogP contribution in [-0.4, -0.2) is 15.3 Å². The number of para-hydroxylation sites is 1. The molecule has 1 unspecified atom stereocenters. The zero-order valence-corrected chi connectivity index (χ0v) is 12.8. The Morgan fingerprint density at radius 1 is 1.17 bits per heavy atom. The number of imidazole rings is 1. The van der Waals surface area contributed by atoms with E-state index < -0.39 is 11.6 Å². The molecule has 6 heteroatoms. The molecule has 1 atom stereocenters. The van der Waals surface area contributed by atoms with E-state index in [-0.39, 0.29) is 17.5 Å². The highest BCUT2D eigenvalue weighted by molar-refractivity contribution is 5.93. The van der Waals surface area contributed by atoms with E-state index in [4.69, 9.17) is 0 Å². The second-order valence-corrected chi connectivity index (χ2v) is 5.96. The molecule has 1 amide bonds. The number of benzene rings is 1. The minimum absolute atomic E-state index is 0.336. The highest BCUT2D eigenvalue weighted by Crippen LogP contribution is 2.28. The monoisotopic (exact) mass is 327 g/mol. The summed E-state index contributed by atoms with van der Waals surface area (Å²) in [6.45, 7) is 0. The quantitative estimate of drug-likeness (QED) is 0.784. The lowest BCUT2D eigenvalue weighted by molar-refractivity contribution is -0.120. The lowest BCUT2D eigenvalue weighted by Gasteiger charge is -2.21. The maximum absolute atomic E-state index is 13.7. The van der Waals surface area contributed by atoms with Crippen molar-refractivity contribution >= 4 is 17.2 Å². The van der Waals surface area contributed by atoms with Crippen LogP contribution in [-0.2, 0) is 17.6 Å². The topological polar surface area (TPSA) is 46.4 Å². The third-order valence-electron chi connectivity index (χ3n) is 4.46. The number of pyridine rings is 1. The summed E-state index contributed by atoms with van der Waals surface area (Å²) in [7, 11) is 0. The van der Waals surface area contributed by atoms with Crippen LogP contribution in [0, 0.1) is 17.6 Å². The SMILES string of the molecule is O=C(Nc1c(F)cccc1F)C1CCc2nc3ccccn3c2C1. The molecule has 1 aliphatic carbocycles. The van der Waals surface area contributed by atoms with Gasteiger partial charge in [0.05, 0.1) is 5.69 Å². The Labute approximate surface area is 137 Å². The van der Waals surface area contributed by atoms with Gasteiger partial charge in [0.2, 0.25) is 5.91 Å². The molecular weight excluding hydrogens is 312 g/mol. The Bertz CT molecular complexity index is 915. The normalized spacial score (nSPS) is 16.8. The zero-order valence-electron chi connectivity index (χ0n) is 12.8. The number of carbonyl (C=O) groups is 1. The Morgan fingerprint density at radius 2 is 1.96 bits per heavy atom. The van der Waals surface area contributed by atoms with Crippen LogP contribution in [0.25, 0.3) is 5.65 Å². The zero-order chi connectivity index (χ0) is 16.7. The molecule has 0 saturated carbocycles. The van der Waals surface area contributed by atoms with E-state index in [2.05, 4.69) is 10.3 Å². The molecule has 0 spiro atoms. The van der Waals surface area contributed by atoms with Gasteiger partial charge in [0.15, 0.2) is 0 Å². The number of fused-ring (bicyclic) bond motifs is 3. The van der Waals surface area contributed by atoms with Gasteiger partial charge in [-0.15, -0.1) is 0 Å². The van der Waals surface area contributed by atoms with E-state index in [0.717, 1.165) is 29.2 Å². The number of anilines is 1. The number of halogens is 2. The number of amides is 1. The molecule has 24 heavy (non-hydrogen) atoms. The van der Waals surface area contributed by atoms with Gasteiger partial charge in [-0.05, 0) is 37.1 Å². The van der Waals surface area contributed by atoms with Crippen LogP contribution in [0.15, 0.2) is 42.6 Å². The van der Waals surface area contributed by atoms with Gasteiger partial charge in [0, 0.05) is 24.2 Å². The van der Waals surface area contributed by atoms with Crippen molar-refractivity contribution in [3.63, 3.8) is 0 Å². The average Bonchev–Trinajstić information content (AvgIpc) is 2.96. The molecule has 1 aromatic carbocycles. The maximum Gasteiger partial charge on any atom is 0.228 e. The lowest BCUT2D eigenvalue weighted by Crippen LogP contribution is -2.29. The first-order valence-corrected chi connectivity index (χ1v) is 7.83. The number of nitrogens with zero attached hydrogens (tertiary/aromatic N) is 2. The summed E-state index contributed by atoms with van der Waals surface area (Å²) in [6.07, 6.45) is 3.70. The van der Waals surface area contributed by atoms with Gasteiger partial charge in [-0.2, -0.15) is 0 Å². The summed E-state index contributed by atoms with van der Waals surface area (Å²) in [4.78, 5) is 17.0. The van der Waals surface area contributed by atoms with Gasteiger partial charge in [0.1, 0.15) is 23.0 Å². The van der Waals surface area contributed by atoms with Crippen LogP contribution < -0.4 is 5.32 Å². The van der Waals surface area contributed by atoms with Gasteiger partial charge < -0.3 is 9.72 Å². The smallest absolute Gasteiger partial charge is 0.228 e. The van der Waals surface area contributed by atoms with Crippen LogP contribution in [0.2, 0.25) is 0 Å². The number of nitrogens with one attached hydrogen (secondary N) is 1. The van der Waals surface area contributed by atoms with Crippen LogP contribution in [0.3, 0.4) is 0 Å². The number of carbonyl (C=O) groups excluding carboxylic acids is 1. The summed E-state index contributed by atoms with van der Waals surface area (Å²) in [6, 6.07) is 9.27. The molecule has 4 rings (SSSR count). The first kappa shape index (κ1) is 14.8. The Morgan fingerprint density at radius 3 is 2.75 bits per heavy atom. The summed E-state index contributed by atoms with van der Waals surface area (Å²) in [5.41, 5.74) is 2.45. The molecule has 2 heterocycles. The second-order valence-electron chi connectivity index (χ2n) is 5.96. The van der Waals surface area contributed by atoms with Gasteiger partial charge in [-0.1, -0.05) is 12.1 Å². The first-order chi connectivity index (χ1) is 11.6. The van der Waals surface area contributed by atoms with Gasteiger partial charge in [-0.3, -0.25) is 4.79 Å². The summed E-state index contributed by atoms with van der Waals surface area (Å²) in [5.74, 6) is -2.24. The molecular formula is C18H15F2N3O. The predicted molar refractivity (Wildman–Crippen MR) is 85.7 cm³/mol. The third-order valence-corrected chi connectivity index (χ3v) is 4.46. The van der Waals surface area contributed by atoms with E-state index >= 15 is 0 Å². The molecule has 0 fully saturated rings.